The summed E-state index contributed by atoms with van der Waals surface area (Å²) < 4.78 is 24.2. The molecule has 2 aromatic rings. The van der Waals surface area contributed by atoms with Crippen molar-refractivity contribution in [2.75, 3.05) is 31.6 Å². The van der Waals surface area contributed by atoms with E-state index < -0.39 is 5.97 Å². The van der Waals surface area contributed by atoms with Gasteiger partial charge in [-0.15, -0.1) is 11.3 Å². The molecule has 162 valence electrons. The zero-order valence-electron chi connectivity index (χ0n) is 17.4. The van der Waals surface area contributed by atoms with Gasteiger partial charge >= 0.3 is 5.97 Å². The number of carbonyl (C=O) groups excluding carboxylic acids is 2. The fourth-order valence-corrected chi connectivity index (χ4v) is 4.59. The predicted molar refractivity (Wildman–Crippen MR) is 115 cm³/mol. The fourth-order valence-electron chi connectivity index (χ4n) is 3.61. The monoisotopic (exact) mass is 434 g/mol. The molecule has 0 saturated carbocycles. The van der Waals surface area contributed by atoms with Crippen LogP contribution in [0.4, 0.5) is 9.39 Å². The molecule has 1 N–H and O–H groups in total. The van der Waals surface area contributed by atoms with Crippen LogP contribution >= 0.6 is 11.3 Å². The highest BCUT2D eigenvalue weighted by molar-refractivity contribution is 7.15. The number of esters is 1. The number of thiophene rings is 1. The maximum Gasteiger partial charge on any atom is 0.341 e. The first kappa shape index (κ1) is 22.4. The summed E-state index contributed by atoms with van der Waals surface area (Å²) >= 11 is 1.26. The van der Waals surface area contributed by atoms with Crippen LogP contribution in [-0.4, -0.2) is 55.2 Å². The minimum atomic E-state index is -0.510. The lowest BCUT2D eigenvalue weighted by molar-refractivity contribution is -0.117. The van der Waals surface area contributed by atoms with Crippen LogP contribution in [-0.2, 0) is 14.3 Å². The van der Waals surface area contributed by atoms with Crippen molar-refractivity contribution in [1.29, 1.82) is 0 Å². The van der Waals surface area contributed by atoms with Gasteiger partial charge in [-0.2, -0.15) is 0 Å². The van der Waals surface area contributed by atoms with Crippen LogP contribution in [0.1, 0.15) is 37.6 Å². The number of amides is 1. The van der Waals surface area contributed by atoms with Crippen molar-refractivity contribution < 1.29 is 23.5 Å². The number of carbonyl (C=O) groups is 2. The number of nitrogens with zero attached hydrogens (tertiary/aromatic N) is 1. The van der Waals surface area contributed by atoms with E-state index in [-0.39, 0.29) is 30.5 Å². The standard InChI is InChI=1S/C22H27FN2O4S/c1-4-28-22(27)20-18(16-5-7-17(23)8-6-16)13-30-21(20)24-19(26)9-10-25-11-14(2)29-15(3)12-25/h5-8,13-15H,4,9-12H2,1-3H3,(H,24,26)/t14-,15-/m1/s1. The molecular formula is C22H27FN2O4S. The molecule has 1 aromatic heterocycles. The average molecular weight is 435 g/mol. The normalized spacial score (nSPS) is 19.5. The Bertz CT molecular complexity index is 874. The van der Waals surface area contributed by atoms with Crippen molar-refractivity contribution in [3.8, 4) is 11.1 Å². The summed E-state index contributed by atoms with van der Waals surface area (Å²) in [7, 11) is 0. The van der Waals surface area contributed by atoms with Gasteiger partial charge in [-0.3, -0.25) is 9.69 Å². The molecule has 2 heterocycles. The Kier molecular flexibility index (Phi) is 7.58. The van der Waals surface area contributed by atoms with Crippen LogP contribution in [0.5, 0.6) is 0 Å². The van der Waals surface area contributed by atoms with E-state index in [1.165, 1.54) is 23.5 Å². The summed E-state index contributed by atoms with van der Waals surface area (Å²) in [6.45, 7) is 8.20. The smallest absolute Gasteiger partial charge is 0.341 e. The van der Waals surface area contributed by atoms with E-state index in [1.54, 1.807) is 24.4 Å². The SMILES string of the molecule is CCOC(=O)c1c(-c2ccc(F)cc2)csc1NC(=O)CCN1C[C@@H](C)O[C@H](C)C1. The molecule has 1 aliphatic heterocycles. The second kappa shape index (κ2) is 10.1. The lowest BCUT2D eigenvalue weighted by atomic mass is 10.0. The zero-order chi connectivity index (χ0) is 21.7. The van der Waals surface area contributed by atoms with E-state index in [9.17, 15) is 14.0 Å². The van der Waals surface area contributed by atoms with Gasteiger partial charge in [0.25, 0.3) is 0 Å². The molecule has 6 nitrogen and oxygen atoms in total. The molecule has 0 aliphatic carbocycles. The minimum Gasteiger partial charge on any atom is -0.462 e. The summed E-state index contributed by atoms with van der Waals surface area (Å²) in [4.78, 5) is 27.4. The lowest BCUT2D eigenvalue weighted by Crippen LogP contribution is -2.46. The predicted octanol–water partition coefficient (Wildman–Crippen LogP) is 4.17. The molecule has 8 heteroatoms. The van der Waals surface area contributed by atoms with Gasteiger partial charge in [0.05, 0.1) is 18.8 Å². The van der Waals surface area contributed by atoms with Crippen molar-refractivity contribution in [2.45, 2.75) is 39.4 Å². The number of halogens is 1. The van der Waals surface area contributed by atoms with Crippen molar-refractivity contribution in [1.82, 2.24) is 4.90 Å². The van der Waals surface area contributed by atoms with Gasteiger partial charge in [-0.1, -0.05) is 12.1 Å². The lowest BCUT2D eigenvalue weighted by Gasteiger charge is -2.35. The van der Waals surface area contributed by atoms with E-state index in [0.717, 1.165) is 13.1 Å². The molecule has 1 aliphatic rings. The number of nitrogens with one attached hydrogen (secondary N) is 1. The molecule has 30 heavy (non-hydrogen) atoms. The summed E-state index contributed by atoms with van der Waals surface area (Å²) in [5, 5.41) is 5.08. The van der Waals surface area contributed by atoms with Gasteiger partial charge in [0.2, 0.25) is 5.91 Å². The number of ether oxygens (including phenoxy) is 2. The Labute approximate surface area is 180 Å². The van der Waals surface area contributed by atoms with E-state index in [2.05, 4.69) is 10.2 Å². The largest absolute Gasteiger partial charge is 0.462 e. The number of hydrogen-bond donors (Lipinski definition) is 1. The van der Waals surface area contributed by atoms with E-state index in [0.29, 0.717) is 34.7 Å². The van der Waals surface area contributed by atoms with Crippen molar-refractivity contribution in [3.05, 3.63) is 41.0 Å². The third kappa shape index (κ3) is 5.65. The molecule has 0 unspecified atom stereocenters. The Morgan fingerprint density at radius 2 is 1.90 bits per heavy atom. The van der Waals surface area contributed by atoms with E-state index >= 15 is 0 Å². The van der Waals surface area contributed by atoms with Crippen molar-refractivity contribution in [3.63, 3.8) is 0 Å². The maximum atomic E-state index is 13.3. The van der Waals surface area contributed by atoms with Crippen LogP contribution in [0.2, 0.25) is 0 Å². The highest BCUT2D eigenvalue weighted by Crippen LogP contribution is 2.36. The van der Waals surface area contributed by atoms with Gasteiger partial charge < -0.3 is 14.8 Å². The summed E-state index contributed by atoms with van der Waals surface area (Å²) in [6, 6.07) is 5.88. The van der Waals surface area contributed by atoms with Gasteiger partial charge in [0.1, 0.15) is 16.4 Å². The Balaban J connectivity index is 1.72. The maximum absolute atomic E-state index is 13.3. The van der Waals surface area contributed by atoms with Gasteiger partial charge in [0.15, 0.2) is 0 Å². The number of morpholine rings is 1. The van der Waals surface area contributed by atoms with Gasteiger partial charge in [-0.05, 0) is 38.5 Å². The number of anilines is 1. The molecule has 0 radical (unpaired) electrons. The molecule has 1 saturated heterocycles. The Morgan fingerprint density at radius 1 is 1.23 bits per heavy atom. The summed E-state index contributed by atoms with van der Waals surface area (Å²) in [5.74, 6) is -1.03. The molecule has 3 rings (SSSR count). The summed E-state index contributed by atoms with van der Waals surface area (Å²) in [5.41, 5.74) is 1.60. The van der Waals surface area contributed by atoms with Crippen LogP contribution in [0.3, 0.4) is 0 Å². The first-order chi connectivity index (χ1) is 14.4. The van der Waals surface area contributed by atoms with Crippen molar-refractivity contribution >= 4 is 28.2 Å². The van der Waals surface area contributed by atoms with Crippen molar-refractivity contribution in [2.24, 2.45) is 0 Å². The van der Waals surface area contributed by atoms with Crippen LogP contribution in [0.15, 0.2) is 29.6 Å². The molecule has 1 aromatic carbocycles. The second-order valence-electron chi connectivity index (χ2n) is 7.40. The second-order valence-corrected chi connectivity index (χ2v) is 8.28. The summed E-state index contributed by atoms with van der Waals surface area (Å²) in [6.07, 6.45) is 0.594. The average Bonchev–Trinajstić information content (AvgIpc) is 3.10. The van der Waals surface area contributed by atoms with Crippen LogP contribution in [0.25, 0.3) is 11.1 Å². The molecule has 0 spiro atoms. The minimum absolute atomic E-state index is 0.141. The molecule has 2 atom stereocenters. The third-order valence-electron chi connectivity index (χ3n) is 4.83. The first-order valence-electron chi connectivity index (χ1n) is 10.1. The van der Waals surface area contributed by atoms with Crippen LogP contribution in [0, 0.1) is 5.82 Å². The third-order valence-corrected chi connectivity index (χ3v) is 5.72. The number of hydrogen-bond acceptors (Lipinski definition) is 6. The highest BCUT2D eigenvalue weighted by atomic mass is 32.1. The topological polar surface area (TPSA) is 67.9 Å². The van der Waals surface area contributed by atoms with Gasteiger partial charge in [0, 0.05) is 37.0 Å². The van der Waals surface area contributed by atoms with E-state index in [1.807, 2.05) is 13.8 Å². The first-order valence-corrected chi connectivity index (χ1v) is 11.0. The number of rotatable bonds is 7. The quantitative estimate of drug-likeness (QED) is 0.663. The van der Waals surface area contributed by atoms with Gasteiger partial charge in [-0.25, -0.2) is 9.18 Å². The zero-order valence-corrected chi connectivity index (χ0v) is 18.3. The van der Waals surface area contributed by atoms with Crippen LogP contribution < -0.4 is 5.32 Å². The molecule has 1 amide bonds. The number of benzene rings is 1. The molecular weight excluding hydrogens is 407 g/mol. The molecule has 0 bridgehead atoms. The fraction of sp³-hybridized carbons (Fsp3) is 0.455. The molecule has 1 fully saturated rings. The Hall–Kier alpha value is -2.29. The Morgan fingerprint density at radius 3 is 2.53 bits per heavy atom. The highest BCUT2D eigenvalue weighted by Gasteiger charge is 2.25. The van der Waals surface area contributed by atoms with E-state index in [4.69, 9.17) is 9.47 Å².